The Labute approximate surface area is 194 Å². The van der Waals surface area contributed by atoms with E-state index in [1.807, 2.05) is 51.3 Å². The molecule has 8 nitrogen and oxygen atoms in total. The van der Waals surface area contributed by atoms with E-state index in [1.165, 1.54) is 23.4 Å². The van der Waals surface area contributed by atoms with Crippen molar-refractivity contribution in [1.29, 1.82) is 0 Å². The highest BCUT2D eigenvalue weighted by Crippen LogP contribution is 2.31. The van der Waals surface area contributed by atoms with Crippen molar-refractivity contribution in [2.45, 2.75) is 48.3 Å². The van der Waals surface area contributed by atoms with E-state index >= 15 is 0 Å². The van der Waals surface area contributed by atoms with Crippen molar-refractivity contribution in [2.75, 3.05) is 11.6 Å². The van der Waals surface area contributed by atoms with Gasteiger partial charge in [-0.3, -0.25) is 18.7 Å². The molecule has 0 spiro atoms. The van der Waals surface area contributed by atoms with Crippen molar-refractivity contribution < 1.29 is 4.79 Å². The van der Waals surface area contributed by atoms with E-state index in [4.69, 9.17) is 0 Å². The van der Waals surface area contributed by atoms with Crippen molar-refractivity contribution >= 4 is 46.2 Å². The molecular formula is C22H27N5O3S2. The SMILES string of the molecule is CSc1ccccc1NC(=O)C(C)Sc1nc(C(C)(C)C)nc2c1c(=O)n(C)c(=O)n2C. The molecule has 2 heterocycles. The van der Waals surface area contributed by atoms with E-state index in [1.54, 1.807) is 25.7 Å². The van der Waals surface area contributed by atoms with Crippen molar-refractivity contribution in [3.8, 4) is 0 Å². The number of aromatic nitrogens is 4. The van der Waals surface area contributed by atoms with Gasteiger partial charge in [-0.1, -0.05) is 44.7 Å². The first kappa shape index (κ1) is 24.1. The number of benzene rings is 1. The average molecular weight is 474 g/mol. The van der Waals surface area contributed by atoms with Crippen LogP contribution in [0.25, 0.3) is 11.0 Å². The summed E-state index contributed by atoms with van der Waals surface area (Å²) in [6, 6.07) is 7.58. The number of nitrogens with zero attached hydrogens (tertiary/aromatic N) is 4. The number of amides is 1. The number of nitrogens with one attached hydrogen (secondary N) is 1. The van der Waals surface area contributed by atoms with Gasteiger partial charge in [0.05, 0.1) is 10.9 Å². The zero-order valence-electron chi connectivity index (χ0n) is 19.2. The summed E-state index contributed by atoms with van der Waals surface area (Å²) in [5.74, 6) is 0.290. The van der Waals surface area contributed by atoms with E-state index in [0.717, 1.165) is 15.1 Å². The van der Waals surface area contributed by atoms with Crippen molar-refractivity contribution in [1.82, 2.24) is 19.1 Å². The lowest BCUT2D eigenvalue weighted by Crippen LogP contribution is -2.38. The van der Waals surface area contributed by atoms with Gasteiger partial charge in [0.1, 0.15) is 16.2 Å². The van der Waals surface area contributed by atoms with Gasteiger partial charge in [0.15, 0.2) is 5.65 Å². The molecule has 0 radical (unpaired) electrons. The lowest BCUT2D eigenvalue weighted by Gasteiger charge is -2.20. The number of thioether (sulfide) groups is 2. The van der Waals surface area contributed by atoms with E-state index in [-0.39, 0.29) is 16.9 Å². The predicted molar refractivity (Wildman–Crippen MR) is 131 cm³/mol. The smallest absolute Gasteiger partial charge is 0.324 e. The second-order valence-corrected chi connectivity index (χ2v) is 10.6. The lowest BCUT2D eigenvalue weighted by molar-refractivity contribution is -0.115. The van der Waals surface area contributed by atoms with Crippen LogP contribution < -0.4 is 16.6 Å². The first-order chi connectivity index (χ1) is 15.0. The number of para-hydroxylation sites is 1. The van der Waals surface area contributed by atoms with Crippen LogP contribution in [-0.4, -0.2) is 36.5 Å². The second-order valence-electron chi connectivity index (χ2n) is 8.46. The summed E-state index contributed by atoms with van der Waals surface area (Å²) in [5.41, 5.74) is -0.355. The van der Waals surface area contributed by atoms with Crippen LogP contribution in [0.15, 0.2) is 43.8 Å². The quantitative estimate of drug-likeness (QED) is 0.449. The van der Waals surface area contributed by atoms with Crippen LogP contribution in [0.4, 0.5) is 5.69 Å². The van der Waals surface area contributed by atoms with E-state index in [0.29, 0.717) is 10.9 Å². The van der Waals surface area contributed by atoms with Gasteiger partial charge < -0.3 is 5.32 Å². The summed E-state index contributed by atoms with van der Waals surface area (Å²) >= 11 is 2.73. The molecule has 2 aromatic heterocycles. The Bertz CT molecular complexity index is 1310. The molecule has 0 saturated carbocycles. The third kappa shape index (κ3) is 4.61. The predicted octanol–water partition coefficient (Wildman–Crippen LogP) is 3.17. The monoisotopic (exact) mass is 473 g/mol. The van der Waals surface area contributed by atoms with Crippen LogP contribution in [0.1, 0.15) is 33.5 Å². The van der Waals surface area contributed by atoms with Crippen LogP contribution in [0.3, 0.4) is 0 Å². The van der Waals surface area contributed by atoms with E-state index in [2.05, 4.69) is 15.3 Å². The van der Waals surface area contributed by atoms with Gasteiger partial charge >= 0.3 is 5.69 Å². The minimum atomic E-state index is -0.544. The Morgan fingerprint density at radius 1 is 1.09 bits per heavy atom. The minimum Gasteiger partial charge on any atom is -0.324 e. The van der Waals surface area contributed by atoms with Crippen LogP contribution in [0.5, 0.6) is 0 Å². The molecule has 1 unspecified atom stereocenters. The van der Waals surface area contributed by atoms with E-state index < -0.39 is 21.9 Å². The number of anilines is 1. The molecule has 0 aliphatic heterocycles. The number of hydrogen-bond donors (Lipinski definition) is 1. The normalized spacial score (nSPS) is 12.7. The summed E-state index contributed by atoms with van der Waals surface area (Å²) in [6.07, 6.45) is 1.95. The molecule has 0 saturated heterocycles. The van der Waals surface area contributed by atoms with Crippen LogP contribution in [0.2, 0.25) is 0 Å². The number of carbonyl (C=O) groups is 1. The maximum Gasteiger partial charge on any atom is 0.332 e. The zero-order valence-corrected chi connectivity index (χ0v) is 20.8. The Morgan fingerprint density at radius 3 is 2.38 bits per heavy atom. The highest BCUT2D eigenvalue weighted by molar-refractivity contribution is 8.00. The molecule has 32 heavy (non-hydrogen) atoms. The molecule has 1 amide bonds. The van der Waals surface area contributed by atoms with Gasteiger partial charge in [0.25, 0.3) is 5.56 Å². The first-order valence-electron chi connectivity index (χ1n) is 10.0. The van der Waals surface area contributed by atoms with Gasteiger partial charge in [-0.05, 0) is 25.3 Å². The van der Waals surface area contributed by atoms with Gasteiger partial charge in [0, 0.05) is 24.4 Å². The fraction of sp³-hybridized carbons (Fsp3) is 0.409. The zero-order chi connectivity index (χ0) is 23.8. The van der Waals surface area contributed by atoms with Crippen molar-refractivity contribution in [3.63, 3.8) is 0 Å². The van der Waals surface area contributed by atoms with Crippen LogP contribution in [0, 0.1) is 0 Å². The van der Waals surface area contributed by atoms with Crippen LogP contribution >= 0.6 is 23.5 Å². The van der Waals surface area contributed by atoms with Gasteiger partial charge in [-0.25, -0.2) is 14.8 Å². The highest BCUT2D eigenvalue weighted by Gasteiger charge is 2.26. The molecule has 0 aliphatic rings. The molecule has 1 aromatic carbocycles. The Morgan fingerprint density at radius 2 is 1.75 bits per heavy atom. The summed E-state index contributed by atoms with van der Waals surface area (Å²) in [7, 11) is 3.00. The molecule has 0 fully saturated rings. The number of carbonyl (C=O) groups excluding carboxylic acids is 1. The standard InChI is InChI=1S/C22H27N5O3S2/c1-12(17(28)23-13-10-8-9-11-14(13)31-7)32-18-15-16(24-20(25-18)22(2,3)4)26(5)21(30)27(6)19(15)29/h8-12H,1-7H3,(H,23,28). The molecule has 0 aliphatic carbocycles. The fourth-order valence-corrected chi connectivity index (χ4v) is 4.54. The molecule has 3 aromatic rings. The topological polar surface area (TPSA) is 98.9 Å². The molecular weight excluding hydrogens is 446 g/mol. The molecule has 0 bridgehead atoms. The highest BCUT2D eigenvalue weighted by atomic mass is 32.2. The Kier molecular flexibility index (Phi) is 6.85. The summed E-state index contributed by atoms with van der Waals surface area (Å²) in [6.45, 7) is 7.63. The fourth-order valence-electron chi connectivity index (χ4n) is 3.05. The maximum absolute atomic E-state index is 13.0. The third-order valence-corrected chi connectivity index (χ3v) is 6.84. The van der Waals surface area contributed by atoms with E-state index in [9.17, 15) is 14.4 Å². The third-order valence-electron chi connectivity index (χ3n) is 4.96. The van der Waals surface area contributed by atoms with Gasteiger partial charge in [0.2, 0.25) is 5.91 Å². The lowest BCUT2D eigenvalue weighted by atomic mass is 9.96. The number of aryl methyl sites for hydroxylation is 1. The van der Waals surface area contributed by atoms with Crippen LogP contribution in [-0.2, 0) is 24.3 Å². The number of hydrogen-bond acceptors (Lipinski definition) is 7. The molecule has 10 heteroatoms. The summed E-state index contributed by atoms with van der Waals surface area (Å²) in [5, 5.41) is 3.03. The van der Waals surface area contributed by atoms with Gasteiger partial charge in [-0.15, -0.1) is 11.8 Å². The second kappa shape index (κ2) is 9.11. The number of fused-ring (bicyclic) bond motifs is 1. The Hall–Kier alpha value is -2.59. The number of rotatable bonds is 5. The maximum atomic E-state index is 13.0. The average Bonchev–Trinajstić information content (AvgIpc) is 2.75. The first-order valence-corrected chi connectivity index (χ1v) is 12.1. The summed E-state index contributed by atoms with van der Waals surface area (Å²) < 4.78 is 2.38. The summed E-state index contributed by atoms with van der Waals surface area (Å²) in [4.78, 5) is 48.5. The Balaban J connectivity index is 2.08. The molecule has 1 atom stereocenters. The minimum absolute atomic E-state index is 0.206. The van der Waals surface area contributed by atoms with Gasteiger partial charge in [-0.2, -0.15) is 0 Å². The van der Waals surface area contributed by atoms with Crippen molar-refractivity contribution in [2.24, 2.45) is 14.1 Å². The van der Waals surface area contributed by atoms with Crippen molar-refractivity contribution in [3.05, 3.63) is 50.9 Å². The molecule has 3 rings (SSSR count). The molecule has 1 N–H and O–H groups in total. The largest absolute Gasteiger partial charge is 0.332 e. The molecule has 170 valence electrons.